The summed E-state index contributed by atoms with van der Waals surface area (Å²) >= 11 is 0. The molecule has 1 aliphatic rings. The summed E-state index contributed by atoms with van der Waals surface area (Å²) in [5, 5.41) is 9.33. The number of hydrogen-bond donors (Lipinski definition) is 1. The van der Waals surface area contributed by atoms with Gasteiger partial charge in [0.1, 0.15) is 0 Å². The standard InChI is InChI=1S/C10H21NO3/c1-10(8-12)5-4-6-11(10)7-9(13-2)14-3/h9,12H,4-8H2,1-3H3. The normalized spacial score (nSPS) is 28.9. The molecule has 0 aromatic rings. The van der Waals surface area contributed by atoms with Crippen LogP contribution in [0.1, 0.15) is 19.8 Å². The fourth-order valence-corrected chi connectivity index (χ4v) is 1.99. The van der Waals surface area contributed by atoms with Crippen LogP contribution in [0.4, 0.5) is 0 Å². The molecule has 1 rings (SSSR count). The molecule has 1 aliphatic heterocycles. The van der Waals surface area contributed by atoms with Gasteiger partial charge in [0.2, 0.25) is 0 Å². The van der Waals surface area contributed by atoms with Gasteiger partial charge in [-0.25, -0.2) is 0 Å². The molecule has 1 unspecified atom stereocenters. The van der Waals surface area contributed by atoms with Crippen molar-refractivity contribution < 1.29 is 14.6 Å². The number of likely N-dealkylation sites (tertiary alicyclic amines) is 1. The van der Waals surface area contributed by atoms with E-state index >= 15 is 0 Å². The van der Waals surface area contributed by atoms with Crippen molar-refractivity contribution in [2.45, 2.75) is 31.6 Å². The molecule has 1 N–H and O–H groups in total. The van der Waals surface area contributed by atoms with Gasteiger partial charge in [-0.3, -0.25) is 4.90 Å². The molecular weight excluding hydrogens is 182 g/mol. The zero-order valence-corrected chi connectivity index (χ0v) is 9.32. The Balaban J connectivity index is 2.50. The number of methoxy groups -OCH3 is 2. The lowest BCUT2D eigenvalue weighted by Crippen LogP contribution is -2.48. The van der Waals surface area contributed by atoms with Gasteiger partial charge in [-0.2, -0.15) is 0 Å². The van der Waals surface area contributed by atoms with E-state index in [0.717, 1.165) is 25.9 Å². The first-order valence-corrected chi connectivity index (χ1v) is 5.08. The van der Waals surface area contributed by atoms with E-state index < -0.39 is 0 Å². The van der Waals surface area contributed by atoms with Gasteiger partial charge in [-0.05, 0) is 26.3 Å². The van der Waals surface area contributed by atoms with Crippen molar-refractivity contribution in [3.05, 3.63) is 0 Å². The zero-order chi connectivity index (χ0) is 10.6. The number of aliphatic hydroxyl groups excluding tert-OH is 1. The summed E-state index contributed by atoms with van der Waals surface area (Å²) in [5.41, 5.74) is -0.0880. The van der Waals surface area contributed by atoms with E-state index in [1.54, 1.807) is 14.2 Å². The lowest BCUT2D eigenvalue weighted by molar-refractivity contribution is -0.125. The van der Waals surface area contributed by atoms with Gasteiger partial charge in [0.15, 0.2) is 6.29 Å². The Labute approximate surface area is 85.8 Å². The maximum atomic E-state index is 9.33. The second kappa shape index (κ2) is 5.07. The van der Waals surface area contributed by atoms with Crippen LogP contribution in [-0.2, 0) is 9.47 Å². The molecule has 4 nitrogen and oxygen atoms in total. The van der Waals surface area contributed by atoms with Crippen molar-refractivity contribution >= 4 is 0 Å². The van der Waals surface area contributed by atoms with Crippen molar-refractivity contribution in [3.63, 3.8) is 0 Å². The van der Waals surface area contributed by atoms with E-state index in [1.165, 1.54) is 0 Å². The molecule has 1 saturated heterocycles. The summed E-state index contributed by atoms with van der Waals surface area (Å²) < 4.78 is 10.3. The first kappa shape index (κ1) is 11.9. The average Bonchev–Trinajstić information content (AvgIpc) is 2.57. The third-order valence-electron chi connectivity index (χ3n) is 3.14. The van der Waals surface area contributed by atoms with Crippen molar-refractivity contribution in [3.8, 4) is 0 Å². The van der Waals surface area contributed by atoms with Gasteiger partial charge in [0, 0.05) is 19.8 Å². The molecule has 0 spiro atoms. The predicted molar refractivity (Wildman–Crippen MR) is 54.1 cm³/mol. The first-order chi connectivity index (χ1) is 6.66. The van der Waals surface area contributed by atoms with E-state index in [1.807, 2.05) is 0 Å². The summed E-state index contributed by atoms with van der Waals surface area (Å²) in [5.74, 6) is 0. The second-order valence-corrected chi connectivity index (χ2v) is 4.11. The van der Waals surface area contributed by atoms with Crippen LogP contribution in [0.25, 0.3) is 0 Å². The predicted octanol–water partition coefficient (Wildman–Crippen LogP) is 0.452. The summed E-state index contributed by atoms with van der Waals surface area (Å²) in [7, 11) is 3.28. The van der Waals surface area contributed by atoms with Gasteiger partial charge >= 0.3 is 0 Å². The van der Waals surface area contributed by atoms with Crippen LogP contribution in [0.15, 0.2) is 0 Å². The quantitative estimate of drug-likeness (QED) is 0.659. The van der Waals surface area contributed by atoms with Crippen molar-refractivity contribution in [1.82, 2.24) is 4.90 Å². The zero-order valence-electron chi connectivity index (χ0n) is 9.32. The number of nitrogens with zero attached hydrogens (tertiary/aromatic N) is 1. The maximum absolute atomic E-state index is 9.33. The fraction of sp³-hybridized carbons (Fsp3) is 1.00. The van der Waals surface area contributed by atoms with Gasteiger partial charge in [0.05, 0.1) is 13.2 Å². The second-order valence-electron chi connectivity index (χ2n) is 4.11. The minimum atomic E-state index is -0.195. The van der Waals surface area contributed by atoms with Crippen molar-refractivity contribution in [2.24, 2.45) is 0 Å². The van der Waals surface area contributed by atoms with Gasteiger partial charge in [-0.15, -0.1) is 0 Å². The number of ether oxygens (including phenoxy) is 2. The third kappa shape index (κ3) is 2.45. The molecule has 0 aromatic carbocycles. The summed E-state index contributed by atoms with van der Waals surface area (Å²) in [6.07, 6.45) is 1.99. The van der Waals surface area contributed by atoms with E-state index in [2.05, 4.69) is 11.8 Å². The van der Waals surface area contributed by atoms with E-state index in [-0.39, 0.29) is 18.4 Å². The highest BCUT2D eigenvalue weighted by Crippen LogP contribution is 2.28. The largest absolute Gasteiger partial charge is 0.394 e. The molecule has 0 amide bonds. The van der Waals surface area contributed by atoms with Crippen LogP contribution < -0.4 is 0 Å². The SMILES string of the molecule is COC(CN1CCCC1(C)CO)OC. The average molecular weight is 203 g/mol. The molecule has 1 fully saturated rings. The Kier molecular flexibility index (Phi) is 4.31. The van der Waals surface area contributed by atoms with Crippen LogP contribution in [0.5, 0.6) is 0 Å². The minimum absolute atomic E-state index is 0.0880. The summed E-state index contributed by atoms with van der Waals surface area (Å²) in [6, 6.07) is 0. The Bertz CT molecular complexity index is 173. The van der Waals surface area contributed by atoms with Crippen molar-refractivity contribution in [1.29, 1.82) is 0 Å². The van der Waals surface area contributed by atoms with E-state index in [4.69, 9.17) is 9.47 Å². The molecular formula is C10H21NO3. The lowest BCUT2D eigenvalue weighted by atomic mass is 10.0. The molecule has 0 saturated carbocycles. The van der Waals surface area contributed by atoms with Crippen LogP contribution in [0.3, 0.4) is 0 Å². The fourth-order valence-electron chi connectivity index (χ4n) is 1.99. The number of hydrogen-bond acceptors (Lipinski definition) is 4. The molecule has 0 radical (unpaired) electrons. The molecule has 0 bridgehead atoms. The summed E-state index contributed by atoms with van der Waals surface area (Å²) in [6.45, 7) is 4.03. The molecule has 14 heavy (non-hydrogen) atoms. The third-order valence-corrected chi connectivity index (χ3v) is 3.14. The highest BCUT2D eigenvalue weighted by Gasteiger charge is 2.36. The van der Waals surface area contributed by atoms with Gasteiger partial charge in [-0.1, -0.05) is 0 Å². The molecule has 84 valence electrons. The molecule has 1 atom stereocenters. The van der Waals surface area contributed by atoms with Crippen LogP contribution >= 0.6 is 0 Å². The Morgan fingerprint density at radius 1 is 1.43 bits per heavy atom. The molecule has 0 aliphatic carbocycles. The van der Waals surface area contributed by atoms with Crippen LogP contribution in [0.2, 0.25) is 0 Å². The van der Waals surface area contributed by atoms with E-state index in [0.29, 0.717) is 0 Å². The van der Waals surface area contributed by atoms with E-state index in [9.17, 15) is 5.11 Å². The van der Waals surface area contributed by atoms with Crippen LogP contribution in [-0.4, -0.2) is 55.8 Å². The number of rotatable bonds is 5. The maximum Gasteiger partial charge on any atom is 0.169 e. The Hall–Kier alpha value is -0.160. The highest BCUT2D eigenvalue weighted by molar-refractivity contribution is 4.91. The van der Waals surface area contributed by atoms with Crippen molar-refractivity contribution in [2.75, 3.05) is 33.9 Å². The molecule has 0 aromatic heterocycles. The monoisotopic (exact) mass is 203 g/mol. The van der Waals surface area contributed by atoms with Crippen LogP contribution in [0, 0.1) is 0 Å². The molecule has 4 heteroatoms. The number of aliphatic hydroxyl groups is 1. The lowest BCUT2D eigenvalue weighted by Gasteiger charge is -2.35. The minimum Gasteiger partial charge on any atom is -0.394 e. The topological polar surface area (TPSA) is 41.9 Å². The van der Waals surface area contributed by atoms with Gasteiger partial charge in [0.25, 0.3) is 0 Å². The summed E-state index contributed by atoms with van der Waals surface area (Å²) in [4.78, 5) is 2.24. The first-order valence-electron chi connectivity index (χ1n) is 5.08. The highest BCUT2D eigenvalue weighted by atomic mass is 16.7. The Morgan fingerprint density at radius 2 is 2.07 bits per heavy atom. The molecule has 1 heterocycles. The Morgan fingerprint density at radius 3 is 2.57 bits per heavy atom. The smallest absolute Gasteiger partial charge is 0.169 e. The van der Waals surface area contributed by atoms with Gasteiger partial charge < -0.3 is 14.6 Å².